The molecule has 0 amide bonds. The average Bonchev–Trinajstić information content (AvgIpc) is 2.85. The lowest BCUT2D eigenvalue weighted by Crippen LogP contribution is -1.89. The van der Waals surface area contributed by atoms with Crippen molar-refractivity contribution in [3.8, 4) is 11.5 Å². The second-order valence-corrected chi connectivity index (χ2v) is 8.46. The van der Waals surface area contributed by atoms with Crippen molar-refractivity contribution in [1.29, 1.82) is 0 Å². The van der Waals surface area contributed by atoms with Crippen LogP contribution in [0, 0.1) is 0 Å². The van der Waals surface area contributed by atoms with E-state index in [9.17, 15) is 10.2 Å². The van der Waals surface area contributed by atoms with E-state index in [1.165, 1.54) is 11.1 Å². The van der Waals surface area contributed by atoms with Crippen molar-refractivity contribution in [3.63, 3.8) is 0 Å². The van der Waals surface area contributed by atoms with E-state index in [1.54, 1.807) is 24.6 Å². The van der Waals surface area contributed by atoms with Crippen LogP contribution >= 0.6 is 0 Å². The topological polar surface area (TPSA) is 65.2 Å². The highest BCUT2D eigenvalue weighted by Gasteiger charge is 2.07. The van der Waals surface area contributed by atoms with Gasteiger partial charge >= 0.3 is 0 Å². The van der Waals surface area contributed by atoms with Crippen molar-refractivity contribution in [2.24, 2.45) is 9.98 Å². The van der Waals surface area contributed by atoms with Gasteiger partial charge in [0.05, 0.1) is 11.4 Å². The summed E-state index contributed by atoms with van der Waals surface area (Å²) in [6, 6.07) is 23.2. The predicted molar refractivity (Wildman–Crippen MR) is 143 cm³/mol. The molecule has 0 unspecified atom stereocenters. The van der Waals surface area contributed by atoms with Crippen LogP contribution in [0.1, 0.15) is 48.9 Å². The van der Waals surface area contributed by atoms with Crippen LogP contribution in [0.15, 0.2) is 82.8 Å². The molecule has 0 aromatic heterocycles. The van der Waals surface area contributed by atoms with Gasteiger partial charge < -0.3 is 10.2 Å². The lowest BCUT2D eigenvalue weighted by molar-refractivity contribution is 0.473. The molecule has 4 nitrogen and oxygen atoms in total. The van der Waals surface area contributed by atoms with E-state index in [0.29, 0.717) is 11.1 Å². The highest BCUT2D eigenvalue weighted by Crippen LogP contribution is 2.35. The molecular formula is C30H30N2O2. The lowest BCUT2D eigenvalue weighted by atomic mass is 10.1. The number of benzene rings is 4. The number of rotatable bonds is 8. The average molecular weight is 451 g/mol. The molecule has 2 N–H and O–H groups in total. The van der Waals surface area contributed by atoms with Crippen LogP contribution in [0.4, 0.5) is 11.4 Å². The Balaban J connectivity index is 1.73. The van der Waals surface area contributed by atoms with Crippen molar-refractivity contribution in [3.05, 3.63) is 95.1 Å². The van der Waals surface area contributed by atoms with Gasteiger partial charge in [0, 0.05) is 28.9 Å². The Kier molecular flexibility index (Phi) is 7.38. The first-order valence-corrected chi connectivity index (χ1v) is 11.8. The van der Waals surface area contributed by atoms with Crippen LogP contribution in [0.3, 0.4) is 0 Å². The fourth-order valence-electron chi connectivity index (χ4n) is 4.10. The van der Waals surface area contributed by atoms with E-state index in [2.05, 4.69) is 13.8 Å². The van der Waals surface area contributed by atoms with Crippen LogP contribution in [0.2, 0.25) is 0 Å². The standard InChI is InChI=1S/C30H30N2O2/c1-3-7-21-13-15-28(33)24(17-21)19-31-26-11-5-9-23-10-6-12-27(30(23)26)32-20-25-18-22(8-4-2)14-16-29(25)34/h5-6,9-20,33-34H,3-4,7-8H2,1-2H3. The van der Waals surface area contributed by atoms with Crippen molar-refractivity contribution in [2.75, 3.05) is 0 Å². The summed E-state index contributed by atoms with van der Waals surface area (Å²) in [5.41, 5.74) is 5.29. The summed E-state index contributed by atoms with van der Waals surface area (Å²) in [5.74, 6) is 0.425. The van der Waals surface area contributed by atoms with E-state index in [0.717, 1.165) is 47.8 Å². The number of phenolic OH excluding ortho intramolecular Hbond substituents is 2. The van der Waals surface area contributed by atoms with Gasteiger partial charge in [-0.3, -0.25) is 9.98 Å². The maximum atomic E-state index is 10.3. The quantitative estimate of drug-likeness (QED) is 0.271. The number of nitrogens with zero attached hydrogens (tertiary/aromatic N) is 2. The van der Waals surface area contributed by atoms with Crippen LogP contribution in [-0.2, 0) is 12.8 Å². The van der Waals surface area contributed by atoms with E-state index in [1.807, 2.05) is 60.7 Å². The molecule has 0 spiro atoms. The Morgan fingerprint density at radius 1 is 0.647 bits per heavy atom. The Bertz CT molecular complexity index is 1260. The molecule has 0 aliphatic carbocycles. The summed E-state index contributed by atoms with van der Waals surface area (Å²) >= 11 is 0. The highest BCUT2D eigenvalue weighted by atomic mass is 16.3. The molecule has 172 valence electrons. The van der Waals surface area contributed by atoms with Gasteiger partial charge in [0.2, 0.25) is 0 Å². The van der Waals surface area contributed by atoms with Gasteiger partial charge in [-0.25, -0.2) is 0 Å². The van der Waals surface area contributed by atoms with E-state index in [4.69, 9.17) is 9.98 Å². The Morgan fingerprint density at radius 2 is 1.12 bits per heavy atom. The molecule has 0 fully saturated rings. The zero-order chi connectivity index (χ0) is 23.9. The van der Waals surface area contributed by atoms with Gasteiger partial charge in [-0.2, -0.15) is 0 Å². The number of phenols is 2. The highest BCUT2D eigenvalue weighted by molar-refractivity contribution is 6.04. The molecule has 0 saturated carbocycles. The number of hydrogen-bond donors (Lipinski definition) is 2. The Labute approximate surface area is 201 Å². The minimum absolute atomic E-state index is 0.213. The summed E-state index contributed by atoms with van der Waals surface area (Å²) in [4.78, 5) is 9.46. The number of hydrogen-bond acceptors (Lipinski definition) is 4. The molecule has 0 radical (unpaired) electrons. The summed E-state index contributed by atoms with van der Waals surface area (Å²) in [6.45, 7) is 4.27. The van der Waals surface area contributed by atoms with Crippen LogP contribution in [0.5, 0.6) is 11.5 Å². The van der Waals surface area contributed by atoms with Gasteiger partial charge in [-0.15, -0.1) is 0 Å². The first-order valence-electron chi connectivity index (χ1n) is 11.8. The SMILES string of the molecule is CCCc1ccc(O)c(C=Nc2cccc3cccc(N=Cc4cc(CCC)ccc4O)c23)c1. The molecule has 0 aliphatic heterocycles. The second kappa shape index (κ2) is 10.8. The second-order valence-electron chi connectivity index (χ2n) is 8.46. The molecule has 0 heterocycles. The molecule has 0 saturated heterocycles. The zero-order valence-electron chi connectivity index (χ0n) is 19.7. The molecule has 4 aromatic carbocycles. The molecule has 0 bridgehead atoms. The van der Waals surface area contributed by atoms with E-state index in [-0.39, 0.29) is 11.5 Å². The lowest BCUT2D eigenvalue weighted by Gasteiger charge is -2.07. The maximum Gasteiger partial charge on any atom is 0.124 e. The third-order valence-corrected chi connectivity index (χ3v) is 5.81. The molecule has 0 atom stereocenters. The van der Waals surface area contributed by atoms with Crippen LogP contribution in [0.25, 0.3) is 10.8 Å². The first kappa shape index (κ1) is 23.2. The van der Waals surface area contributed by atoms with Gasteiger partial charge in [0.25, 0.3) is 0 Å². The van der Waals surface area contributed by atoms with Gasteiger partial charge in [-0.05, 0) is 65.8 Å². The van der Waals surface area contributed by atoms with E-state index < -0.39 is 0 Å². The molecule has 34 heavy (non-hydrogen) atoms. The Morgan fingerprint density at radius 3 is 1.56 bits per heavy atom. The summed E-state index contributed by atoms with van der Waals surface area (Å²) in [6.07, 6.45) is 7.43. The fraction of sp³-hybridized carbons (Fsp3) is 0.200. The van der Waals surface area contributed by atoms with Crippen molar-refractivity contribution in [2.45, 2.75) is 39.5 Å². The summed E-state index contributed by atoms with van der Waals surface area (Å²) in [7, 11) is 0. The van der Waals surface area contributed by atoms with E-state index >= 15 is 0 Å². The monoisotopic (exact) mass is 450 g/mol. The van der Waals surface area contributed by atoms with Gasteiger partial charge in [0.15, 0.2) is 0 Å². The number of fused-ring (bicyclic) bond motifs is 1. The smallest absolute Gasteiger partial charge is 0.124 e. The summed E-state index contributed by atoms with van der Waals surface area (Å²) < 4.78 is 0. The van der Waals surface area contributed by atoms with Crippen molar-refractivity contribution < 1.29 is 10.2 Å². The normalized spacial score (nSPS) is 11.7. The molecular weight excluding hydrogens is 420 g/mol. The number of aliphatic imine (C=N–C) groups is 2. The molecule has 0 aliphatic rings. The third-order valence-electron chi connectivity index (χ3n) is 5.81. The number of aryl methyl sites for hydroxylation is 2. The molecule has 4 heteroatoms. The maximum absolute atomic E-state index is 10.3. The first-order chi connectivity index (χ1) is 16.6. The molecule has 4 aromatic rings. The zero-order valence-corrected chi connectivity index (χ0v) is 19.7. The van der Waals surface area contributed by atoms with Crippen molar-refractivity contribution >= 4 is 34.6 Å². The summed E-state index contributed by atoms with van der Waals surface area (Å²) in [5, 5.41) is 22.6. The minimum atomic E-state index is 0.213. The number of aromatic hydroxyl groups is 2. The van der Waals surface area contributed by atoms with Crippen molar-refractivity contribution in [1.82, 2.24) is 0 Å². The van der Waals surface area contributed by atoms with Crippen LogP contribution in [-0.4, -0.2) is 22.6 Å². The molecule has 4 rings (SSSR count). The largest absolute Gasteiger partial charge is 0.507 e. The predicted octanol–water partition coefficient (Wildman–Crippen LogP) is 7.66. The van der Waals surface area contributed by atoms with Gasteiger partial charge in [-0.1, -0.05) is 63.1 Å². The Hall–Kier alpha value is -3.92. The fourth-order valence-corrected chi connectivity index (χ4v) is 4.10. The third kappa shape index (κ3) is 5.34. The van der Waals surface area contributed by atoms with Gasteiger partial charge in [0.1, 0.15) is 11.5 Å². The minimum Gasteiger partial charge on any atom is -0.507 e. The van der Waals surface area contributed by atoms with Crippen LogP contribution < -0.4 is 0 Å².